The quantitative estimate of drug-likeness (QED) is 0.563. The van der Waals surface area contributed by atoms with Crippen LogP contribution in [0.15, 0.2) is 28.6 Å². The lowest BCUT2D eigenvalue weighted by Crippen LogP contribution is -2.24. The molecule has 0 amide bonds. The molecule has 8 heteroatoms. The van der Waals surface area contributed by atoms with Crippen molar-refractivity contribution in [2.24, 2.45) is 0 Å². The minimum atomic E-state index is -5.02. The summed E-state index contributed by atoms with van der Waals surface area (Å²) in [4.78, 5) is 16.3. The molecule has 0 N–H and O–H groups in total. The topological polar surface area (TPSA) is 53.8 Å². The van der Waals surface area contributed by atoms with E-state index in [1.807, 2.05) is 13.0 Å². The highest BCUT2D eigenvalue weighted by atomic mass is 32.2. The largest absolute Gasteiger partial charge is 0.454 e. The van der Waals surface area contributed by atoms with E-state index < -0.39 is 17.5 Å². The Hall–Kier alpha value is -1.85. The number of alkyl halides is 3. The van der Waals surface area contributed by atoms with E-state index in [-0.39, 0.29) is 11.3 Å². The Labute approximate surface area is 139 Å². The fraction of sp³-hybridized carbons (Fsp3) is 0.267. The van der Waals surface area contributed by atoms with Gasteiger partial charge in [0.25, 0.3) is 5.78 Å². The smallest absolute Gasteiger partial charge is 0.284 e. The number of rotatable bonds is 5. The van der Waals surface area contributed by atoms with Crippen LogP contribution in [0.1, 0.15) is 29.3 Å². The predicted octanol–water partition coefficient (Wildman–Crippen LogP) is 4.93. The van der Waals surface area contributed by atoms with Gasteiger partial charge in [-0.15, -0.1) is 23.1 Å². The molecule has 2 aromatic rings. The Morgan fingerprint density at radius 1 is 1.48 bits per heavy atom. The molecule has 0 saturated heterocycles. The zero-order valence-electron chi connectivity index (χ0n) is 12.0. The van der Waals surface area contributed by atoms with E-state index >= 15 is 0 Å². The predicted molar refractivity (Wildman–Crippen MR) is 83.7 cm³/mol. The van der Waals surface area contributed by atoms with E-state index in [9.17, 15) is 18.0 Å². The molecule has 0 radical (unpaired) electrons. The summed E-state index contributed by atoms with van der Waals surface area (Å²) in [5.41, 5.74) is -0.631. The lowest BCUT2D eigenvalue weighted by Gasteiger charge is -2.12. The third-order valence-corrected chi connectivity index (χ3v) is 4.88. The standard InChI is InChI=1S/C15H11F3N2OS2/c1-2-5-23-14-9(8-19)7-10(13(21)15(16,17)18)12(20-14)11-4-3-6-22-11/h3-4,6-7H,2,5H2,1H3. The van der Waals surface area contributed by atoms with Crippen LogP contribution in [0.25, 0.3) is 10.6 Å². The van der Waals surface area contributed by atoms with Gasteiger partial charge in [-0.1, -0.05) is 13.0 Å². The van der Waals surface area contributed by atoms with Crippen molar-refractivity contribution in [2.75, 3.05) is 5.75 Å². The first kappa shape index (κ1) is 17.5. The van der Waals surface area contributed by atoms with Crippen LogP contribution < -0.4 is 0 Å². The van der Waals surface area contributed by atoms with Gasteiger partial charge < -0.3 is 0 Å². The van der Waals surface area contributed by atoms with E-state index in [0.29, 0.717) is 15.7 Å². The van der Waals surface area contributed by atoms with Crippen molar-refractivity contribution >= 4 is 28.9 Å². The Kier molecular flexibility index (Phi) is 5.44. The van der Waals surface area contributed by atoms with Gasteiger partial charge >= 0.3 is 6.18 Å². The fourth-order valence-corrected chi connectivity index (χ4v) is 3.35. The second-order valence-corrected chi connectivity index (χ2v) is 6.53. The minimum absolute atomic E-state index is 0.0173. The fourth-order valence-electron chi connectivity index (χ4n) is 1.81. The highest BCUT2D eigenvalue weighted by molar-refractivity contribution is 7.99. The lowest BCUT2D eigenvalue weighted by atomic mass is 10.1. The van der Waals surface area contributed by atoms with Gasteiger partial charge in [0.05, 0.1) is 21.7 Å². The molecule has 0 aromatic carbocycles. The van der Waals surface area contributed by atoms with Gasteiger partial charge in [0, 0.05) is 0 Å². The van der Waals surface area contributed by atoms with Crippen LogP contribution >= 0.6 is 23.1 Å². The van der Waals surface area contributed by atoms with Crippen LogP contribution in [0.3, 0.4) is 0 Å². The average Bonchev–Trinajstić information content (AvgIpc) is 3.04. The molecular formula is C15H11F3N2OS2. The number of Topliss-reactive ketones (excluding diaryl/α,β-unsaturated/α-hetero) is 1. The highest BCUT2D eigenvalue weighted by Gasteiger charge is 2.41. The molecule has 0 atom stereocenters. The van der Waals surface area contributed by atoms with Crippen molar-refractivity contribution in [3.05, 3.63) is 34.7 Å². The molecule has 2 heterocycles. The maximum atomic E-state index is 12.8. The third-order valence-electron chi connectivity index (χ3n) is 2.81. The van der Waals surface area contributed by atoms with Crippen molar-refractivity contribution in [1.82, 2.24) is 4.98 Å². The number of carbonyl (C=O) groups is 1. The maximum Gasteiger partial charge on any atom is 0.454 e. The van der Waals surface area contributed by atoms with Crippen LogP contribution in [0.5, 0.6) is 0 Å². The molecule has 0 bridgehead atoms. The first-order valence-electron chi connectivity index (χ1n) is 6.61. The first-order valence-corrected chi connectivity index (χ1v) is 8.48. The molecule has 0 spiro atoms. The summed E-state index contributed by atoms with van der Waals surface area (Å²) in [6.45, 7) is 1.95. The van der Waals surface area contributed by atoms with Crippen molar-refractivity contribution in [3.63, 3.8) is 0 Å². The van der Waals surface area contributed by atoms with Gasteiger partial charge in [-0.2, -0.15) is 18.4 Å². The number of carbonyl (C=O) groups excluding carboxylic acids is 1. The van der Waals surface area contributed by atoms with Crippen molar-refractivity contribution in [1.29, 1.82) is 5.26 Å². The summed E-state index contributed by atoms with van der Waals surface area (Å²) in [5, 5.41) is 11.2. The number of ketones is 1. The van der Waals surface area contributed by atoms with Gasteiger partial charge in [-0.3, -0.25) is 4.79 Å². The number of aromatic nitrogens is 1. The number of hydrogen-bond donors (Lipinski definition) is 0. The number of halogens is 3. The third kappa shape index (κ3) is 3.92. The number of thiophene rings is 1. The number of nitriles is 1. The normalized spacial score (nSPS) is 11.3. The van der Waals surface area contributed by atoms with Crippen molar-refractivity contribution in [3.8, 4) is 16.6 Å². The zero-order chi connectivity index (χ0) is 17.0. The van der Waals surface area contributed by atoms with E-state index in [0.717, 1.165) is 12.5 Å². The van der Waals surface area contributed by atoms with Crippen molar-refractivity contribution in [2.45, 2.75) is 24.5 Å². The zero-order valence-corrected chi connectivity index (χ0v) is 13.6. The van der Waals surface area contributed by atoms with Crippen molar-refractivity contribution < 1.29 is 18.0 Å². The number of thioether (sulfide) groups is 1. The monoisotopic (exact) mass is 356 g/mol. The van der Waals surface area contributed by atoms with E-state index in [1.54, 1.807) is 17.5 Å². The number of nitrogens with zero attached hydrogens (tertiary/aromatic N) is 2. The second-order valence-electron chi connectivity index (χ2n) is 4.50. The Morgan fingerprint density at radius 2 is 2.22 bits per heavy atom. The van der Waals surface area contributed by atoms with E-state index in [4.69, 9.17) is 5.26 Å². The Bertz CT molecular complexity index is 749. The Balaban J connectivity index is 2.65. The average molecular weight is 356 g/mol. The summed E-state index contributed by atoms with van der Waals surface area (Å²) in [5.74, 6) is -1.31. The molecule has 0 unspecified atom stereocenters. The summed E-state index contributed by atoms with van der Waals surface area (Å²) in [6.07, 6.45) is -4.19. The van der Waals surface area contributed by atoms with Gasteiger partial charge in [0.1, 0.15) is 11.1 Å². The second kappa shape index (κ2) is 7.15. The van der Waals surface area contributed by atoms with Crippen LogP contribution in [0, 0.1) is 11.3 Å². The van der Waals surface area contributed by atoms with Crippen LogP contribution in [0.4, 0.5) is 13.2 Å². The van der Waals surface area contributed by atoms with Gasteiger partial charge in [0.15, 0.2) is 0 Å². The van der Waals surface area contributed by atoms with E-state index in [2.05, 4.69) is 4.98 Å². The van der Waals surface area contributed by atoms with Crippen LogP contribution in [-0.4, -0.2) is 22.7 Å². The molecule has 0 fully saturated rings. The molecule has 0 aliphatic rings. The molecule has 2 rings (SSSR count). The number of hydrogen-bond acceptors (Lipinski definition) is 5. The summed E-state index contributed by atoms with van der Waals surface area (Å²) < 4.78 is 38.5. The summed E-state index contributed by atoms with van der Waals surface area (Å²) >= 11 is 2.48. The maximum absolute atomic E-state index is 12.8. The molecule has 23 heavy (non-hydrogen) atoms. The molecule has 0 aliphatic carbocycles. The van der Waals surface area contributed by atoms with Gasteiger partial charge in [-0.05, 0) is 29.7 Å². The summed E-state index contributed by atoms with van der Waals surface area (Å²) in [7, 11) is 0. The lowest BCUT2D eigenvalue weighted by molar-refractivity contribution is -0.0885. The number of pyridine rings is 1. The Morgan fingerprint density at radius 3 is 2.74 bits per heavy atom. The van der Waals surface area contributed by atoms with Gasteiger partial charge in [0.2, 0.25) is 0 Å². The minimum Gasteiger partial charge on any atom is -0.284 e. The summed E-state index contributed by atoms with van der Waals surface area (Å²) in [6, 6.07) is 6.09. The molecule has 3 nitrogen and oxygen atoms in total. The molecule has 120 valence electrons. The molecule has 0 saturated carbocycles. The first-order chi connectivity index (χ1) is 10.9. The molecule has 0 aliphatic heterocycles. The van der Waals surface area contributed by atoms with Crippen LogP contribution in [-0.2, 0) is 0 Å². The molecular weight excluding hydrogens is 345 g/mol. The SMILES string of the molecule is CCCSc1nc(-c2cccs2)c(C(=O)C(F)(F)F)cc1C#N. The van der Waals surface area contributed by atoms with Gasteiger partial charge in [-0.25, -0.2) is 4.98 Å². The van der Waals surface area contributed by atoms with Crippen LogP contribution in [0.2, 0.25) is 0 Å². The van der Waals surface area contributed by atoms with E-state index in [1.165, 1.54) is 23.1 Å². The molecule has 2 aromatic heterocycles. The highest BCUT2D eigenvalue weighted by Crippen LogP contribution is 2.34.